The number of carbonyl (C=O) groups excluding carboxylic acids is 1. The molecule has 3 rings (SSSR count). The number of hydrogen-bond acceptors (Lipinski definition) is 5. The molecule has 1 aromatic rings. The first kappa shape index (κ1) is 14.9. The summed E-state index contributed by atoms with van der Waals surface area (Å²) in [6.07, 6.45) is 4.93. The molecule has 1 aliphatic carbocycles. The standard InChI is InChI=1S/C16H24N2O2S/c1-3-20-12-6-8-18(9-7-12)16-13(11-4-5-11)14(17)15(21-16)10(2)19/h11-12H,3-9,17H2,1-2H3. The molecular weight excluding hydrogens is 284 g/mol. The summed E-state index contributed by atoms with van der Waals surface area (Å²) in [6.45, 7) is 6.46. The van der Waals surface area contributed by atoms with Crippen molar-refractivity contribution in [1.29, 1.82) is 0 Å². The third-order valence-corrected chi connectivity index (χ3v) is 5.78. The van der Waals surface area contributed by atoms with Crippen LogP contribution in [0.3, 0.4) is 0 Å². The van der Waals surface area contributed by atoms with Gasteiger partial charge in [0.1, 0.15) is 0 Å². The summed E-state index contributed by atoms with van der Waals surface area (Å²) in [4.78, 5) is 14.9. The second-order valence-electron chi connectivity index (χ2n) is 6.04. The van der Waals surface area contributed by atoms with E-state index in [0.717, 1.165) is 43.1 Å². The highest BCUT2D eigenvalue weighted by Gasteiger charge is 2.34. The van der Waals surface area contributed by atoms with Gasteiger partial charge in [-0.05, 0) is 38.5 Å². The Morgan fingerprint density at radius 2 is 2.00 bits per heavy atom. The van der Waals surface area contributed by atoms with Crippen molar-refractivity contribution in [1.82, 2.24) is 0 Å². The van der Waals surface area contributed by atoms with E-state index in [1.165, 1.54) is 23.4 Å². The van der Waals surface area contributed by atoms with E-state index in [1.54, 1.807) is 18.3 Å². The average molecular weight is 308 g/mol. The molecule has 1 saturated heterocycles. The van der Waals surface area contributed by atoms with E-state index in [4.69, 9.17) is 10.5 Å². The van der Waals surface area contributed by atoms with Crippen LogP contribution in [0.1, 0.15) is 60.7 Å². The number of ether oxygens (including phenoxy) is 1. The Hall–Kier alpha value is -1.07. The quantitative estimate of drug-likeness (QED) is 0.847. The highest BCUT2D eigenvalue weighted by Crippen LogP contribution is 2.52. The van der Waals surface area contributed by atoms with E-state index in [9.17, 15) is 4.79 Å². The smallest absolute Gasteiger partial charge is 0.171 e. The van der Waals surface area contributed by atoms with E-state index in [2.05, 4.69) is 11.8 Å². The Morgan fingerprint density at radius 1 is 1.33 bits per heavy atom. The predicted octanol–water partition coefficient (Wildman–Crippen LogP) is 3.42. The number of Topliss-reactive ketones (excluding diaryl/α,β-unsaturated/α-hetero) is 1. The first-order chi connectivity index (χ1) is 10.1. The minimum Gasteiger partial charge on any atom is -0.397 e. The lowest BCUT2D eigenvalue weighted by atomic mass is 10.1. The Kier molecular flexibility index (Phi) is 4.22. The van der Waals surface area contributed by atoms with Crippen LogP contribution >= 0.6 is 11.3 Å². The van der Waals surface area contributed by atoms with E-state index in [1.807, 2.05) is 0 Å². The van der Waals surface area contributed by atoms with Gasteiger partial charge in [0, 0.05) is 32.2 Å². The molecule has 116 valence electrons. The van der Waals surface area contributed by atoms with Crippen molar-refractivity contribution in [3.05, 3.63) is 10.4 Å². The summed E-state index contributed by atoms with van der Waals surface area (Å²) in [5.41, 5.74) is 8.26. The molecule has 0 bridgehead atoms. The topological polar surface area (TPSA) is 55.6 Å². The fourth-order valence-corrected chi connectivity index (χ4v) is 4.42. The molecule has 0 aromatic carbocycles. The van der Waals surface area contributed by atoms with Gasteiger partial charge in [-0.15, -0.1) is 11.3 Å². The molecule has 21 heavy (non-hydrogen) atoms. The van der Waals surface area contributed by atoms with Crippen LogP contribution < -0.4 is 10.6 Å². The summed E-state index contributed by atoms with van der Waals surface area (Å²) in [7, 11) is 0. The molecule has 1 aromatic heterocycles. The number of thiophene rings is 1. The molecule has 0 radical (unpaired) electrons. The highest BCUT2D eigenvalue weighted by atomic mass is 32.1. The van der Waals surface area contributed by atoms with Gasteiger partial charge in [-0.25, -0.2) is 0 Å². The zero-order valence-electron chi connectivity index (χ0n) is 12.9. The summed E-state index contributed by atoms with van der Waals surface area (Å²) in [5, 5.41) is 1.25. The van der Waals surface area contributed by atoms with Crippen molar-refractivity contribution >= 4 is 27.8 Å². The normalized spacial score (nSPS) is 20.0. The van der Waals surface area contributed by atoms with E-state index in [0.29, 0.717) is 12.0 Å². The van der Waals surface area contributed by atoms with Gasteiger partial charge in [0.25, 0.3) is 0 Å². The Morgan fingerprint density at radius 3 is 2.52 bits per heavy atom. The Labute approximate surface area is 130 Å². The van der Waals surface area contributed by atoms with Crippen molar-refractivity contribution in [3.8, 4) is 0 Å². The van der Waals surface area contributed by atoms with E-state index < -0.39 is 0 Å². The van der Waals surface area contributed by atoms with Crippen LogP contribution in [0.2, 0.25) is 0 Å². The lowest BCUT2D eigenvalue weighted by Gasteiger charge is -2.33. The predicted molar refractivity (Wildman–Crippen MR) is 87.6 cm³/mol. The van der Waals surface area contributed by atoms with Crippen molar-refractivity contribution in [2.75, 3.05) is 30.3 Å². The fourth-order valence-electron chi connectivity index (χ4n) is 3.17. The maximum absolute atomic E-state index is 11.8. The second-order valence-corrected chi connectivity index (χ2v) is 7.03. The van der Waals surface area contributed by atoms with Crippen molar-refractivity contribution < 1.29 is 9.53 Å². The zero-order valence-corrected chi connectivity index (χ0v) is 13.7. The minimum atomic E-state index is 0.0925. The lowest BCUT2D eigenvalue weighted by molar-refractivity contribution is 0.0460. The number of nitrogen functional groups attached to an aromatic ring is 1. The van der Waals surface area contributed by atoms with Crippen LogP contribution in [-0.2, 0) is 4.74 Å². The first-order valence-corrected chi connectivity index (χ1v) is 8.73. The summed E-state index contributed by atoms with van der Waals surface area (Å²) in [6, 6.07) is 0. The van der Waals surface area contributed by atoms with E-state index in [-0.39, 0.29) is 5.78 Å². The van der Waals surface area contributed by atoms with E-state index >= 15 is 0 Å². The molecule has 4 nitrogen and oxygen atoms in total. The second kappa shape index (κ2) is 5.97. The minimum absolute atomic E-state index is 0.0925. The highest BCUT2D eigenvalue weighted by molar-refractivity contribution is 7.18. The molecule has 0 spiro atoms. The number of ketones is 1. The number of rotatable bonds is 5. The number of nitrogens with two attached hydrogens (primary N) is 1. The molecule has 0 amide bonds. The van der Waals surface area contributed by atoms with Crippen molar-refractivity contribution in [2.24, 2.45) is 0 Å². The van der Waals surface area contributed by atoms with Gasteiger partial charge >= 0.3 is 0 Å². The fraction of sp³-hybridized carbons (Fsp3) is 0.688. The molecule has 5 heteroatoms. The molecule has 2 fully saturated rings. The molecule has 0 atom stereocenters. The molecule has 1 saturated carbocycles. The van der Waals surface area contributed by atoms with Gasteiger partial charge in [-0.2, -0.15) is 0 Å². The number of nitrogens with zero attached hydrogens (tertiary/aromatic N) is 1. The zero-order chi connectivity index (χ0) is 15.0. The number of piperidine rings is 1. The number of carbonyl (C=O) groups is 1. The Balaban J connectivity index is 1.82. The van der Waals surface area contributed by atoms with Gasteiger partial charge in [-0.1, -0.05) is 0 Å². The van der Waals surface area contributed by atoms with Crippen LogP contribution in [0.4, 0.5) is 10.7 Å². The van der Waals surface area contributed by atoms with Crippen LogP contribution in [0.15, 0.2) is 0 Å². The summed E-state index contributed by atoms with van der Waals surface area (Å²) >= 11 is 1.59. The van der Waals surface area contributed by atoms with Crippen molar-refractivity contribution in [3.63, 3.8) is 0 Å². The largest absolute Gasteiger partial charge is 0.397 e. The van der Waals surface area contributed by atoms with Crippen molar-refractivity contribution in [2.45, 2.75) is 51.6 Å². The molecular formula is C16H24N2O2S. The lowest BCUT2D eigenvalue weighted by Crippen LogP contribution is -2.37. The first-order valence-electron chi connectivity index (χ1n) is 7.91. The summed E-state index contributed by atoms with van der Waals surface area (Å²) in [5.74, 6) is 0.670. The summed E-state index contributed by atoms with van der Waals surface area (Å²) < 4.78 is 5.72. The van der Waals surface area contributed by atoms with Gasteiger partial charge in [0.15, 0.2) is 5.78 Å². The Bertz CT molecular complexity index is 529. The number of hydrogen-bond donors (Lipinski definition) is 1. The molecule has 0 unspecified atom stereocenters. The average Bonchev–Trinajstić information content (AvgIpc) is 3.23. The third-order valence-electron chi connectivity index (χ3n) is 4.40. The van der Waals surface area contributed by atoms with Gasteiger partial charge in [-0.3, -0.25) is 4.79 Å². The monoisotopic (exact) mass is 308 g/mol. The SMILES string of the molecule is CCOC1CCN(c2sc(C(C)=O)c(N)c2C2CC2)CC1. The third kappa shape index (κ3) is 2.94. The number of anilines is 2. The molecule has 1 aliphatic heterocycles. The van der Waals surface area contributed by atoms with Gasteiger partial charge in [0.2, 0.25) is 0 Å². The van der Waals surface area contributed by atoms with Crippen LogP contribution in [0.5, 0.6) is 0 Å². The van der Waals surface area contributed by atoms with Crippen LogP contribution in [0, 0.1) is 0 Å². The molecule has 2 heterocycles. The maximum Gasteiger partial charge on any atom is 0.171 e. The van der Waals surface area contributed by atoms with Crippen LogP contribution in [-0.4, -0.2) is 31.6 Å². The molecule has 2 N–H and O–H groups in total. The molecule has 2 aliphatic rings. The van der Waals surface area contributed by atoms with Gasteiger partial charge < -0.3 is 15.4 Å². The maximum atomic E-state index is 11.8. The van der Waals surface area contributed by atoms with Gasteiger partial charge in [0.05, 0.1) is 21.7 Å². The van der Waals surface area contributed by atoms with Crippen LogP contribution in [0.25, 0.3) is 0 Å².